The highest BCUT2D eigenvalue weighted by molar-refractivity contribution is 6.32. The van der Waals surface area contributed by atoms with Gasteiger partial charge in [-0.15, -0.1) is 0 Å². The standard InChI is InChI=1S/C13H18ClNO2/c1-4-7-17-12-6-5-10(8-11(12)14)15-13(16)9(2)3/h5-6,8-9H,4,7H2,1-3H3,(H,15,16). The molecule has 0 aliphatic rings. The molecule has 0 saturated heterocycles. The first-order valence-electron chi connectivity index (χ1n) is 5.77. The van der Waals surface area contributed by atoms with E-state index in [4.69, 9.17) is 16.3 Å². The van der Waals surface area contributed by atoms with Crippen LogP contribution in [0.3, 0.4) is 0 Å². The molecule has 0 aromatic heterocycles. The maximum absolute atomic E-state index is 11.5. The molecule has 0 bridgehead atoms. The van der Waals surface area contributed by atoms with Crippen LogP contribution in [0.1, 0.15) is 27.2 Å². The maximum Gasteiger partial charge on any atom is 0.226 e. The van der Waals surface area contributed by atoms with Crippen molar-refractivity contribution in [1.29, 1.82) is 0 Å². The smallest absolute Gasteiger partial charge is 0.226 e. The summed E-state index contributed by atoms with van der Waals surface area (Å²) in [6.07, 6.45) is 0.933. The first kappa shape index (κ1) is 13.8. The predicted octanol–water partition coefficient (Wildman–Crippen LogP) is 3.72. The van der Waals surface area contributed by atoms with Crippen LogP contribution in [0.15, 0.2) is 18.2 Å². The van der Waals surface area contributed by atoms with Crippen molar-refractivity contribution in [3.05, 3.63) is 23.2 Å². The minimum atomic E-state index is -0.0511. The molecule has 1 aromatic rings. The van der Waals surface area contributed by atoms with E-state index in [9.17, 15) is 4.79 Å². The van der Waals surface area contributed by atoms with E-state index in [0.717, 1.165) is 6.42 Å². The lowest BCUT2D eigenvalue weighted by atomic mass is 10.2. The second-order valence-electron chi connectivity index (χ2n) is 4.14. The Morgan fingerprint density at radius 2 is 2.18 bits per heavy atom. The summed E-state index contributed by atoms with van der Waals surface area (Å²) < 4.78 is 5.45. The highest BCUT2D eigenvalue weighted by Crippen LogP contribution is 2.27. The molecule has 94 valence electrons. The van der Waals surface area contributed by atoms with Gasteiger partial charge in [-0.25, -0.2) is 0 Å². The molecule has 0 saturated carbocycles. The van der Waals surface area contributed by atoms with Gasteiger partial charge in [0.15, 0.2) is 0 Å². The van der Waals surface area contributed by atoms with Crippen molar-refractivity contribution in [3.8, 4) is 5.75 Å². The van der Waals surface area contributed by atoms with Crippen molar-refractivity contribution in [2.75, 3.05) is 11.9 Å². The van der Waals surface area contributed by atoms with Crippen LogP contribution in [-0.4, -0.2) is 12.5 Å². The zero-order valence-corrected chi connectivity index (χ0v) is 11.2. The topological polar surface area (TPSA) is 38.3 Å². The molecule has 1 rings (SSSR count). The van der Waals surface area contributed by atoms with E-state index in [1.807, 2.05) is 20.8 Å². The van der Waals surface area contributed by atoms with Crippen molar-refractivity contribution < 1.29 is 9.53 Å². The molecule has 4 heteroatoms. The minimum absolute atomic E-state index is 0.0247. The molecule has 3 nitrogen and oxygen atoms in total. The van der Waals surface area contributed by atoms with Crippen molar-refractivity contribution in [1.82, 2.24) is 0 Å². The summed E-state index contributed by atoms with van der Waals surface area (Å²) in [5.74, 6) is 0.573. The number of hydrogen-bond acceptors (Lipinski definition) is 2. The largest absolute Gasteiger partial charge is 0.492 e. The molecular weight excluding hydrogens is 238 g/mol. The second-order valence-corrected chi connectivity index (χ2v) is 4.54. The summed E-state index contributed by atoms with van der Waals surface area (Å²) in [4.78, 5) is 11.5. The number of carbonyl (C=O) groups is 1. The molecular formula is C13H18ClNO2. The van der Waals surface area contributed by atoms with Gasteiger partial charge in [0, 0.05) is 11.6 Å². The Labute approximate surface area is 107 Å². The van der Waals surface area contributed by atoms with E-state index in [0.29, 0.717) is 23.1 Å². The van der Waals surface area contributed by atoms with E-state index >= 15 is 0 Å². The van der Waals surface area contributed by atoms with Crippen molar-refractivity contribution in [2.24, 2.45) is 5.92 Å². The zero-order chi connectivity index (χ0) is 12.8. The molecule has 0 fully saturated rings. The third kappa shape index (κ3) is 4.27. The molecule has 0 atom stereocenters. The van der Waals surface area contributed by atoms with Crippen molar-refractivity contribution >= 4 is 23.2 Å². The van der Waals surface area contributed by atoms with E-state index in [-0.39, 0.29) is 11.8 Å². The lowest BCUT2D eigenvalue weighted by molar-refractivity contribution is -0.118. The average molecular weight is 256 g/mol. The number of rotatable bonds is 5. The van der Waals surface area contributed by atoms with Gasteiger partial charge < -0.3 is 10.1 Å². The fourth-order valence-corrected chi connectivity index (χ4v) is 1.43. The summed E-state index contributed by atoms with van der Waals surface area (Å²) in [5.41, 5.74) is 0.692. The average Bonchev–Trinajstić information content (AvgIpc) is 2.28. The fourth-order valence-electron chi connectivity index (χ4n) is 1.19. The molecule has 1 amide bonds. The third-order valence-electron chi connectivity index (χ3n) is 2.19. The Hall–Kier alpha value is -1.22. The quantitative estimate of drug-likeness (QED) is 0.871. The van der Waals surface area contributed by atoms with Crippen LogP contribution in [0.2, 0.25) is 5.02 Å². The Morgan fingerprint density at radius 1 is 1.47 bits per heavy atom. The summed E-state index contributed by atoms with van der Waals surface area (Å²) >= 11 is 6.05. The first-order chi connectivity index (χ1) is 8.04. The van der Waals surface area contributed by atoms with Gasteiger partial charge >= 0.3 is 0 Å². The van der Waals surface area contributed by atoms with E-state index in [1.165, 1.54) is 0 Å². The Bertz CT molecular complexity index is 391. The summed E-state index contributed by atoms with van der Waals surface area (Å²) in [6.45, 7) is 6.36. The van der Waals surface area contributed by atoms with Gasteiger partial charge in [0.05, 0.1) is 11.6 Å². The fraction of sp³-hybridized carbons (Fsp3) is 0.462. The Morgan fingerprint density at radius 3 is 2.71 bits per heavy atom. The minimum Gasteiger partial charge on any atom is -0.492 e. The summed E-state index contributed by atoms with van der Waals surface area (Å²) in [6, 6.07) is 5.26. The van der Waals surface area contributed by atoms with Crippen LogP contribution in [0.25, 0.3) is 0 Å². The molecule has 0 unspecified atom stereocenters. The number of ether oxygens (including phenoxy) is 1. The molecule has 0 aliphatic heterocycles. The molecule has 0 heterocycles. The van der Waals surface area contributed by atoms with E-state index in [1.54, 1.807) is 18.2 Å². The zero-order valence-electron chi connectivity index (χ0n) is 10.4. The van der Waals surface area contributed by atoms with Crippen LogP contribution in [0, 0.1) is 5.92 Å². The van der Waals surface area contributed by atoms with Crippen molar-refractivity contribution in [2.45, 2.75) is 27.2 Å². The number of amides is 1. The molecule has 0 spiro atoms. The van der Waals surface area contributed by atoms with Crippen LogP contribution >= 0.6 is 11.6 Å². The molecule has 0 radical (unpaired) electrons. The normalized spacial score (nSPS) is 10.4. The number of anilines is 1. The lowest BCUT2D eigenvalue weighted by Gasteiger charge is -2.10. The first-order valence-corrected chi connectivity index (χ1v) is 6.15. The SMILES string of the molecule is CCCOc1ccc(NC(=O)C(C)C)cc1Cl. The van der Waals surface area contributed by atoms with E-state index < -0.39 is 0 Å². The number of nitrogens with one attached hydrogen (secondary N) is 1. The van der Waals surface area contributed by atoms with Crippen molar-refractivity contribution in [3.63, 3.8) is 0 Å². The van der Waals surface area contributed by atoms with Gasteiger partial charge in [-0.3, -0.25) is 4.79 Å². The van der Waals surface area contributed by atoms with Gasteiger partial charge in [0.2, 0.25) is 5.91 Å². The van der Waals surface area contributed by atoms with Crippen LogP contribution < -0.4 is 10.1 Å². The van der Waals surface area contributed by atoms with Crippen LogP contribution in [0.4, 0.5) is 5.69 Å². The van der Waals surface area contributed by atoms with Gasteiger partial charge in [0.25, 0.3) is 0 Å². The van der Waals surface area contributed by atoms with Gasteiger partial charge in [0.1, 0.15) is 5.75 Å². The highest BCUT2D eigenvalue weighted by Gasteiger charge is 2.08. The number of hydrogen-bond donors (Lipinski definition) is 1. The summed E-state index contributed by atoms with van der Waals surface area (Å²) in [5, 5.41) is 3.30. The third-order valence-corrected chi connectivity index (χ3v) is 2.48. The molecule has 0 aliphatic carbocycles. The van der Waals surface area contributed by atoms with Gasteiger partial charge in [-0.1, -0.05) is 32.4 Å². The molecule has 1 aromatic carbocycles. The lowest BCUT2D eigenvalue weighted by Crippen LogP contribution is -2.17. The number of halogens is 1. The number of benzene rings is 1. The molecule has 17 heavy (non-hydrogen) atoms. The maximum atomic E-state index is 11.5. The number of carbonyl (C=O) groups excluding carboxylic acids is 1. The summed E-state index contributed by atoms with van der Waals surface area (Å²) in [7, 11) is 0. The Balaban J connectivity index is 2.71. The monoisotopic (exact) mass is 255 g/mol. The van der Waals surface area contributed by atoms with Crippen LogP contribution in [-0.2, 0) is 4.79 Å². The van der Waals surface area contributed by atoms with E-state index in [2.05, 4.69) is 5.32 Å². The predicted molar refractivity (Wildman–Crippen MR) is 70.7 cm³/mol. The van der Waals surface area contributed by atoms with Crippen LogP contribution in [0.5, 0.6) is 5.75 Å². The van der Waals surface area contributed by atoms with Gasteiger partial charge in [-0.05, 0) is 24.6 Å². The molecule has 1 N–H and O–H groups in total. The highest BCUT2D eigenvalue weighted by atomic mass is 35.5. The van der Waals surface area contributed by atoms with Gasteiger partial charge in [-0.2, -0.15) is 0 Å². The second kappa shape index (κ2) is 6.50. The Kier molecular flexibility index (Phi) is 5.29.